The Morgan fingerprint density at radius 2 is 1.76 bits per heavy atom. The molecule has 0 unspecified atom stereocenters. The first-order valence-electron chi connectivity index (χ1n) is 6.84. The largest absolute Gasteiger partial charge is 0.479 e. The van der Waals surface area contributed by atoms with Crippen molar-refractivity contribution in [1.29, 1.82) is 0 Å². The summed E-state index contributed by atoms with van der Waals surface area (Å²) in [5.74, 6) is -1.09. The van der Waals surface area contributed by atoms with E-state index in [0.717, 1.165) is 13.1 Å². The third kappa shape index (κ3) is 4.44. The van der Waals surface area contributed by atoms with Crippen molar-refractivity contribution < 1.29 is 14.7 Å². The number of nitrogens with zero attached hydrogens (tertiary/aromatic N) is 2. The fourth-order valence-corrected chi connectivity index (χ4v) is 2.16. The van der Waals surface area contributed by atoms with Crippen LogP contribution < -0.4 is 10.7 Å². The first-order chi connectivity index (χ1) is 10.1. The number of nitrogens with one attached hydrogen (secondary N) is 2. The summed E-state index contributed by atoms with van der Waals surface area (Å²) in [6, 6.07) is 7.07. The first kappa shape index (κ1) is 15.3. The number of benzene rings is 1. The minimum atomic E-state index is -1.09. The molecule has 1 aromatic carbocycles. The van der Waals surface area contributed by atoms with Crippen molar-refractivity contribution in [2.75, 3.05) is 33.2 Å². The number of hydrazine groups is 1. The molecule has 1 heterocycles. The maximum atomic E-state index is 11.9. The van der Waals surface area contributed by atoms with Crippen LogP contribution in [-0.2, 0) is 4.79 Å². The second-order valence-electron chi connectivity index (χ2n) is 5.06. The molecule has 7 nitrogen and oxygen atoms in total. The van der Waals surface area contributed by atoms with Gasteiger partial charge in [0.1, 0.15) is 0 Å². The third-order valence-electron chi connectivity index (χ3n) is 3.42. The van der Waals surface area contributed by atoms with Gasteiger partial charge in [0.15, 0.2) is 6.04 Å². The van der Waals surface area contributed by atoms with Gasteiger partial charge in [-0.1, -0.05) is 30.3 Å². The highest BCUT2D eigenvalue weighted by molar-refractivity contribution is 5.83. The number of hydrogen-bond donors (Lipinski definition) is 3. The number of carboxylic acid groups (broad SMARTS) is 1. The van der Waals surface area contributed by atoms with E-state index in [4.69, 9.17) is 0 Å². The molecule has 2 amide bonds. The molecule has 0 saturated carbocycles. The average Bonchev–Trinajstić information content (AvgIpc) is 2.48. The highest BCUT2D eigenvalue weighted by Crippen LogP contribution is 2.12. The molecule has 2 rings (SSSR count). The van der Waals surface area contributed by atoms with Crippen molar-refractivity contribution in [2.24, 2.45) is 0 Å². The zero-order chi connectivity index (χ0) is 15.2. The summed E-state index contributed by atoms with van der Waals surface area (Å²) in [6.45, 7) is 3.16. The highest BCUT2D eigenvalue weighted by atomic mass is 16.4. The summed E-state index contributed by atoms with van der Waals surface area (Å²) in [5, 5.41) is 13.5. The van der Waals surface area contributed by atoms with Gasteiger partial charge in [-0.2, -0.15) is 0 Å². The molecular formula is C14H20N4O3. The summed E-state index contributed by atoms with van der Waals surface area (Å²) in [4.78, 5) is 25.4. The second-order valence-corrected chi connectivity index (χ2v) is 5.06. The lowest BCUT2D eigenvalue weighted by atomic mass is 10.1. The number of carbonyl (C=O) groups excluding carboxylic acids is 1. The van der Waals surface area contributed by atoms with Gasteiger partial charge in [0, 0.05) is 26.2 Å². The summed E-state index contributed by atoms with van der Waals surface area (Å²) in [5.41, 5.74) is 3.23. The molecule has 1 aromatic rings. The Morgan fingerprint density at radius 1 is 1.14 bits per heavy atom. The van der Waals surface area contributed by atoms with Crippen LogP contribution in [0.4, 0.5) is 4.79 Å². The zero-order valence-corrected chi connectivity index (χ0v) is 12.0. The number of amides is 2. The number of rotatable bonds is 4. The van der Waals surface area contributed by atoms with Gasteiger partial charge in [-0.25, -0.2) is 14.6 Å². The van der Waals surface area contributed by atoms with Crippen LogP contribution >= 0.6 is 0 Å². The fraction of sp³-hybridized carbons (Fsp3) is 0.429. The monoisotopic (exact) mass is 292 g/mol. The van der Waals surface area contributed by atoms with Crippen molar-refractivity contribution in [3.05, 3.63) is 35.9 Å². The molecule has 0 radical (unpaired) electrons. The quantitative estimate of drug-likeness (QED) is 0.742. The molecule has 3 N–H and O–H groups in total. The summed E-state index contributed by atoms with van der Waals surface area (Å²) in [7, 11) is 2.02. The minimum Gasteiger partial charge on any atom is -0.479 e. The highest BCUT2D eigenvalue weighted by Gasteiger charge is 2.23. The van der Waals surface area contributed by atoms with Crippen molar-refractivity contribution in [3.63, 3.8) is 0 Å². The van der Waals surface area contributed by atoms with Crippen LogP contribution in [-0.4, -0.2) is 60.2 Å². The van der Waals surface area contributed by atoms with Crippen LogP contribution in [0.1, 0.15) is 11.6 Å². The Bertz CT molecular complexity index is 486. The summed E-state index contributed by atoms with van der Waals surface area (Å²) >= 11 is 0. The molecule has 0 aromatic heterocycles. The lowest BCUT2D eigenvalue weighted by Crippen LogP contribution is -2.55. The predicted molar refractivity (Wildman–Crippen MR) is 77.6 cm³/mol. The van der Waals surface area contributed by atoms with Crippen LogP contribution in [0.25, 0.3) is 0 Å². The maximum absolute atomic E-state index is 11.9. The van der Waals surface area contributed by atoms with Crippen LogP contribution in [0.15, 0.2) is 30.3 Å². The van der Waals surface area contributed by atoms with E-state index in [2.05, 4.69) is 15.6 Å². The molecule has 21 heavy (non-hydrogen) atoms. The molecule has 1 aliphatic heterocycles. The lowest BCUT2D eigenvalue weighted by Gasteiger charge is -2.32. The number of piperazine rings is 1. The smallest absolute Gasteiger partial charge is 0.330 e. The van der Waals surface area contributed by atoms with Crippen molar-refractivity contribution in [1.82, 2.24) is 20.7 Å². The van der Waals surface area contributed by atoms with Gasteiger partial charge in [0.25, 0.3) is 0 Å². The number of aliphatic carboxylic acids is 1. The normalized spacial score (nSPS) is 18.0. The maximum Gasteiger partial charge on any atom is 0.330 e. The average molecular weight is 292 g/mol. The Kier molecular flexibility index (Phi) is 5.13. The minimum absolute atomic E-state index is 0.504. The van der Waals surface area contributed by atoms with Crippen molar-refractivity contribution in [2.45, 2.75) is 6.04 Å². The van der Waals surface area contributed by atoms with E-state index in [9.17, 15) is 14.7 Å². The van der Waals surface area contributed by atoms with E-state index in [1.165, 1.54) is 0 Å². The molecule has 114 valence electrons. The van der Waals surface area contributed by atoms with Gasteiger partial charge in [-0.05, 0) is 12.6 Å². The summed E-state index contributed by atoms with van der Waals surface area (Å²) < 4.78 is 0. The first-order valence-corrected chi connectivity index (χ1v) is 6.84. The second kappa shape index (κ2) is 7.05. The van der Waals surface area contributed by atoms with Crippen LogP contribution in [0.5, 0.6) is 0 Å². The Morgan fingerprint density at radius 3 is 2.33 bits per heavy atom. The molecular weight excluding hydrogens is 272 g/mol. The number of carbonyl (C=O) groups is 2. The van der Waals surface area contributed by atoms with Crippen molar-refractivity contribution >= 4 is 12.0 Å². The van der Waals surface area contributed by atoms with Gasteiger partial charge in [0.2, 0.25) is 0 Å². The Labute approximate surface area is 123 Å². The van der Waals surface area contributed by atoms with Crippen LogP contribution in [0.2, 0.25) is 0 Å². The number of urea groups is 1. The standard InChI is InChI=1S/C14H20N4O3/c1-17-7-9-18(10-8-17)16-14(21)15-12(13(19)20)11-5-3-2-4-6-11/h2-6,12H,7-10H2,1H3,(H,19,20)(H2,15,16,21)/t12-/m0/s1. The zero-order valence-electron chi connectivity index (χ0n) is 12.0. The van der Waals surface area contributed by atoms with Gasteiger partial charge in [-0.15, -0.1) is 0 Å². The van der Waals surface area contributed by atoms with E-state index in [-0.39, 0.29) is 0 Å². The van der Waals surface area contributed by atoms with E-state index >= 15 is 0 Å². The van der Waals surface area contributed by atoms with E-state index in [0.29, 0.717) is 18.7 Å². The lowest BCUT2D eigenvalue weighted by molar-refractivity contribution is -0.139. The van der Waals surface area contributed by atoms with E-state index in [1.54, 1.807) is 35.3 Å². The number of hydrogen-bond acceptors (Lipinski definition) is 4. The molecule has 1 aliphatic rings. The number of carboxylic acids is 1. The fourth-order valence-electron chi connectivity index (χ4n) is 2.16. The van der Waals surface area contributed by atoms with Gasteiger partial charge < -0.3 is 15.3 Å². The molecule has 0 aliphatic carbocycles. The number of likely N-dealkylation sites (N-methyl/N-ethyl adjacent to an activating group) is 1. The van der Waals surface area contributed by atoms with Gasteiger partial charge >= 0.3 is 12.0 Å². The molecule has 0 bridgehead atoms. The molecule has 1 atom stereocenters. The molecule has 7 heteroatoms. The van der Waals surface area contributed by atoms with Crippen LogP contribution in [0.3, 0.4) is 0 Å². The van der Waals surface area contributed by atoms with Gasteiger partial charge in [-0.3, -0.25) is 5.43 Å². The third-order valence-corrected chi connectivity index (χ3v) is 3.42. The molecule has 1 saturated heterocycles. The van der Waals surface area contributed by atoms with E-state index < -0.39 is 18.0 Å². The summed E-state index contributed by atoms with van der Waals surface area (Å²) in [6.07, 6.45) is 0. The van der Waals surface area contributed by atoms with Crippen LogP contribution in [0, 0.1) is 0 Å². The predicted octanol–water partition coefficient (Wildman–Crippen LogP) is 0.274. The molecule has 1 fully saturated rings. The Balaban J connectivity index is 1.91. The topological polar surface area (TPSA) is 84.9 Å². The Hall–Kier alpha value is -2.12. The molecule has 0 spiro atoms. The van der Waals surface area contributed by atoms with Gasteiger partial charge in [0.05, 0.1) is 0 Å². The SMILES string of the molecule is CN1CCN(NC(=O)N[C@H](C(=O)O)c2ccccc2)CC1. The van der Waals surface area contributed by atoms with Crippen molar-refractivity contribution in [3.8, 4) is 0 Å². The van der Waals surface area contributed by atoms with E-state index in [1.807, 2.05) is 7.05 Å².